The SMILES string of the molecule is COc1ccc(C2=NNC(c3cc(Cl)cc([N+](=O)[O-])c3O)C2)cc1. The van der Waals surface area contributed by atoms with Crippen LogP contribution < -0.4 is 10.2 Å². The number of aromatic hydroxyl groups is 1. The minimum absolute atomic E-state index is 0.189. The second-order valence-electron chi connectivity index (χ2n) is 5.29. The minimum atomic E-state index is -0.662. The molecule has 8 heteroatoms. The maximum atomic E-state index is 11.0. The first kappa shape index (κ1) is 16.1. The van der Waals surface area contributed by atoms with E-state index in [2.05, 4.69) is 10.5 Å². The predicted molar refractivity (Wildman–Crippen MR) is 89.8 cm³/mol. The number of hydrogen-bond donors (Lipinski definition) is 2. The van der Waals surface area contributed by atoms with Crippen molar-refractivity contribution in [3.8, 4) is 11.5 Å². The summed E-state index contributed by atoms with van der Waals surface area (Å²) < 4.78 is 5.12. The maximum absolute atomic E-state index is 11.0. The smallest absolute Gasteiger partial charge is 0.312 e. The number of nitrogens with zero attached hydrogens (tertiary/aromatic N) is 2. The highest BCUT2D eigenvalue weighted by Gasteiger charge is 2.28. The first-order chi connectivity index (χ1) is 11.5. The van der Waals surface area contributed by atoms with Crippen LogP contribution in [0.2, 0.25) is 5.02 Å². The fraction of sp³-hybridized carbons (Fsp3) is 0.188. The van der Waals surface area contributed by atoms with Gasteiger partial charge in [0.2, 0.25) is 0 Å². The lowest BCUT2D eigenvalue weighted by Crippen LogP contribution is -2.11. The molecule has 1 atom stereocenters. The van der Waals surface area contributed by atoms with Gasteiger partial charge in [0.05, 0.1) is 23.8 Å². The standard InChI is InChI=1S/C16H14ClN3O4/c1-24-11-4-2-9(3-5-11)13-8-14(19-18-13)12-6-10(17)7-15(16(12)21)20(22)23/h2-7,14,19,21H,8H2,1H3. The Bertz CT molecular complexity index is 821. The summed E-state index contributed by atoms with van der Waals surface area (Å²) in [5.74, 6) is 0.345. The molecule has 0 saturated carbocycles. The van der Waals surface area contributed by atoms with Crippen LogP contribution in [-0.2, 0) is 0 Å². The Morgan fingerprint density at radius 1 is 1.38 bits per heavy atom. The van der Waals surface area contributed by atoms with Crippen LogP contribution in [0.1, 0.15) is 23.6 Å². The van der Waals surface area contributed by atoms with Crippen LogP contribution in [0.25, 0.3) is 0 Å². The van der Waals surface area contributed by atoms with Gasteiger partial charge in [-0.15, -0.1) is 0 Å². The molecular weight excluding hydrogens is 334 g/mol. The molecule has 1 aliphatic heterocycles. The van der Waals surface area contributed by atoms with Gasteiger partial charge in [-0.3, -0.25) is 10.1 Å². The van der Waals surface area contributed by atoms with Crippen molar-refractivity contribution in [2.75, 3.05) is 7.11 Å². The highest BCUT2D eigenvalue weighted by atomic mass is 35.5. The number of methoxy groups -OCH3 is 1. The average Bonchev–Trinajstić information content (AvgIpc) is 3.06. The number of nitro benzene ring substituents is 1. The predicted octanol–water partition coefficient (Wildman–Crippen LogP) is 3.40. The monoisotopic (exact) mass is 347 g/mol. The minimum Gasteiger partial charge on any atom is -0.502 e. The number of hydrazone groups is 1. The third-order valence-corrected chi connectivity index (χ3v) is 4.05. The number of ether oxygens (including phenoxy) is 1. The molecule has 2 aromatic rings. The highest BCUT2D eigenvalue weighted by molar-refractivity contribution is 6.31. The number of phenolic OH excluding ortho intramolecular Hbond substituents is 1. The molecule has 0 fully saturated rings. The van der Waals surface area contributed by atoms with Crippen LogP contribution in [0.3, 0.4) is 0 Å². The van der Waals surface area contributed by atoms with Crippen molar-refractivity contribution in [1.82, 2.24) is 5.43 Å². The molecule has 1 heterocycles. The van der Waals surface area contributed by atoms with E-state index < -0.39 is 16.4 Å². The van der Waals surface area contributed by atoms with Crippen molar-refractivity contribution in [3.63, 3.8) is 0 Å². The summed E-state index contributed by atoms with van der Waals surface area (Å²) in [5.41, 5.74) is 4.52. The first-order valence-corrected chi connectivity index (χ1v) is 7.50. The van der Waals surface area contributed by atoms with Gasteiger partial charge in [-0.05, 0) is 35.9 Å². The average molecular weight is 348 g/mol. The Hall–Kier alpha value is -2.80. The number of nitrogens with one attached hydrogen (secondary N) is 1. The van der Waals surface area contributed by atoms with Gasteiger partial charge in [0.1, 0.15) is 5.75 Å². The number of nitro groups is 1. The van der Waals surface area contributed by atoms with E-state index in [9.17, 15) is 15.2 Å². The van der Waals surface area contributed by atoms with Gasteiger partial charge in [0.25, 0.3) is 0 Å². The summed E-state index contributed by atoms with van der Waals surface area (Å²) in [5, 5.41) is 25.6. The maximum Gasteiger partial charge on any atom is 0.312 e. The van der Waals surface area contributed by atoms with Crippen LogP contribution in [-0.4, -0.2) is 22.9 Å². The number of rotatable bonds is 4. The molecule has 0 spiro atoms. The molecule has 2 aromatic carbocycles. The van der Waals surface area contributed by atoms with Crippen molar-refractivity contribution in [2.45, 2.75) is 12.5 Å². The Labute approximate surface area is 142 Å². The summed E-state index contributed by atoms with van der Waals surface area (Å²) in [4.78, 5) is 10.4. The summed E-state index contributed by atoms with van der Waals surface area (Å²) in [6.45, 7) is 0. The number of hydrogen-bond acceptors (Lipinski definition) is 6. The lowest BCUT2D eigenvalue weighted by Gasteiger charge is -2.12. The normalized spacial score (nSPS) is 16.4. The highest BCUT2D eigenvalue weighted by Crippen LogP contribution is 2.39. The fourth-order valence-electron chi connectivity index (χ4n) is 2.60. The zero-order valence-corrected chi connectivity index (χ0v) is 13.4. The topological polar surface area (TPSA) is 97.0 Å². The molecule has 0 saturated heterocycles. The zero-order valence-electron chi connectivity index (χ0n) is 12.7. The van der Waals surface area contributed by atoms with Crippen LogP contribution in [0, 0.1) is 10.1 Å². The molecule has 0 amide bonds. The van der Waals surface area contributed by atoms with Gasteiger partial charge < -0.3 is 15.3 Å². The molecule has 1 aliphatic rings. The molecule has 7 nitrogen and oxygen atoms in total. The Kier molecular flexibility index (Phi) is 4.26. The van der Waals surface area contributed by atoms with Crippen molar-refractivity contribution in [3.05, 3.63) is 62.7 Å². The van der Waals surface area contributed by atoms with Crippen LogP contribution in [0.5, 0.6) is 11.5 Å². The van der Waals surface area contributed by atoms with E-state index in [-0.39, 0.29) is 11.1 Å². The van der Waals surface area contributed by atoms with E-state index in [1.165, 1.54) is 6.07 Å². The lowest BCUT2D eigenvalue weighted by molar-refractivity contribution is -0.385. The molecule has 0 radical (unpaired) electrons. The van der Waals surface area contributed by atoms with Crippen molar-refractivity contribution in [2.24, 2.45) is 5.10 Å². The fourth-order valence-corrected chi connectivity index (χ4v) is 2.82. The van der Waals surface area contributed by atoms with Crippen molar-refractivity contribution in [1.29, 1.82) is 0 Å². The van der Waals surface area contributed by atoms with Gasteiger partial charge in [-0.1, -0.05) is 11.6 Å². The molecule has 24 heavy (non-hydrogen) atoms. The largest absolute Gasteiger partial charge is 0.502 e. The molecule has 2 N–H and O–H groups in total. The van der Waals surface area contributed by atoms with E-state index in [1.807, 2.05) is 24.3 Å². The molecule has 3 rings (SSSR count). The quantitative estimate of drug-likeness (QED) is 0.652. The third-order valence-electron chi connectivity index (χ3n) is 3.83. The first-order valence-electron chi connectivity index (χ1n) is 7.13. The third kappa shape index (κ3) is 2.98. The molecule has 0 aliphatic carbocycles. The molecule has 0 bridgehead atoms. The lowest BCUT2D eigenvalue weighted by atomic mass is 9.98. The van der Waals surface area contributed by atoms with Gasteiger partial charge in [0.15, 0.2) is 5.75 Å². The Balaban J connectivity index is 1.85. The molecular formula is C16H14ClN3O4. The zero-order chi connectivity index (χ0) is 17.3. The van der Waals surface area contributed by atoms with Gasteiger partial charge in [-0.25, -0.2) is 0 Å². The molecule has 1 unspecified atom stereocenters. The Morgan fingerprint density at radius 3 is 2.71 bits per heavy atom. The second-order valence-corrected chi connectivity index (χ2v) is 5.73. The van der Waals surface area contributed by atoms with E-state index in [0.29, 0.717) is 12.0 Å². The van der Waals surface area contributed by atoms with Gasteiger partial charge >= 0.3 is 5.69 Å². The van der Waals surface area contributed by atoms with Crippen LogP contribution >= 0.6 is 11.6 Å². The summed E-state index contributed by atoms with van der Waals surface area (Å²) in [6.07, 6.45) is 0.470. The summed E-state index contributed by atoms with van der Waals surface area (Å²) in [6, 6.07) is 9.65. The van der Waals surface area contributed by atoms with E-state index >= 15 is 0 Å². The number of halogens is 1. The van der Waals surface area contributed by atoms with Gasteiger partial charge in [0, 0.05) is 23.1 Å². The number of benzene rings is 2. The van der Waals surface area contributed by atoms with Crippen LogP contribution in [0.15, 0.2) is 41.5 Å². The van der Waals surface area contributed by atoms with E-state index in [0.717, 1.165) is 23.1 Å². The van der Waals surface area contributed by atoms with Crippen molar-refractivity contribution < 1.29 is 14.8 Å². The number of phenols is 1. The summed E-state index contributed by atoms with van der Waals surface area (Å²) in [7, 11) is 1.59. The Morgan fingerprint density at radius 2 is 2.08 bits per heavy atom. The van der Waals surface area contributed by atoms with Crippen LogP contribution in [0.4, 0.5) is 5.69 Å². The van der Waals surface area contributed by atoms with E-state index in [4.69, 9.17) is 16.3 Å². The molecule has 124 valence electrons. The summed E-state index contributed by atoms with van der Waals surface area (Å²) >= 11 is 5.94. The van der Waals surface area contributed by atoms with E-state index in [1.54, 1.807) is 7.11 Å². The van der Waals surface area contributed by atoms with Gasteiger partial charge in [-0.2, -0.15) is 5.10 Å². The molecule has 0 aromatic heterocycles. The second kappa shape index (κ2) is 6.37. The van der Waals surface area contributed by atoms with Crippen molar-refractivity contribution >= 4 is 23.0 Å².